The van der Waals surface area contributed by atoms with Gasteiger partial charge in [0.2, 0.25) is 10.0 Å². The summed E-state index contributed by atoms with van der Waals surface area (Å²) in [5.41, 5.74) is 0.531. The first-order valence-corrected chi connectivity index (χ1v) is 11.9. The number of sulfonamides is 1. The molecule has 33 heavy (non-hydrogen) atoms. The highest BCUT2D eigenvalue weighted by molar-refractivity contribution is 7.89. The van der Waals surface area contributed by atoms with E-state index in [4.69, 9.17) is 16.3 Å². The lowest BCUT2D eigenvalue weighted by Crippen LogP contribution is -2.35. The Hall–Kier alpha value is -3.02. The van der Waals surface area contributed by atoms with Crippen LogP contribution in [0.5, 0.6) is 0 Å². The average molecular weight is 496 g/mol. The molecule has 0 spiro atoms. The normalized spacial score (nSPS) is 14.5. The molecule has 2 aromatic carbocycles. The number of hydrogen-bond donors (Lipinski definition) is 1. The van der Waals surface area contributed by atoms with Crippen molar-refractivity contribution in [2.75, 3.05) is 25.0 Å². The maximum atomic E-state index is 12.9. The Morgan fingerprint density at radius 2 is 1.85 bits per heavy atom. The van der Waals surface area contributed by atoms with Gasteiger partial charge in [-0.15, -0.1) is 0 Å². The van der Waals surface area contributed by atoms with Gasteiger partial charge in [0.25, 0.3) is 11.6 Å². The summed E-state index contributed by atoms with van der Waals surface area (Å²) in [5.74, 6) is -1.62. The minimum atomic E-state index is -3.88. The van der Waals surface area contributed by atoms with E-state index >= 15 is 0 Å². The van der Waals surface area contributed by atoms with Gasteiger partial charge in [-0.05, 0) is 43.5 Å². The number of esters is 1. The SMILES string of the molecule is Cc1ccc([N+](=O)[O-])cc1NC(=O)COC(=O)c1ccc(Cl)c(S(=O)(=O)N2CCCCC2)c1. The summed E-state index contributed by atoms with van der Waals surface area (Å²) in [5, 5.41) is 13.4. The molecule has 0 aromatic heterocycles. The van der Waals surface area contributed by atoms with Crippen molar-refractivity contribution in [1.82, 2.24) is 4.31 Å². The van der Waals surface area contributed by atoms with Gasteiger partial charge in [0.1, 0.15) is 4.90 Å². The Morgan fingerprint density at radius 3 is 2.52 bits per heavy atom. The van der Waals surface area contributed by atoms with Gasteiger partial charge in [0.15, 0.2) is 6.61 Å². The Bertz CT molecular complexity index is 1190. The van der Waals surface area contributed by atoms with Gasteiger partial charge < -0.3 is 10.1 Å². The van der Waals surface area contributed by atoms with E-state index in [9.17, 15) is 28.1 Å². The van der Waals surface area contributed by atoms with E-state index < -0.39 is 33.4 Å². The van der Waals surface area contributed by atoms with Gasteiger partial charge in [0, 0.05) is 25.2 Å². The molecule has 0 bridgehead atoms. The highest BCUT2D eigenvalue weighted by atomic mass is 35.5. The lowest BCUT2D eigenvalue weighted by atomic mass is 10.2. The lowest BCUT2D eigenvalue weighted by Gasteiger charge is -2.26. The number of nitrogens with one attached hydrogen (secondary N) is 1. The highest BCUT2D eigenvalue weighted by Crippen LogP contribution is 2.28. The number of rotatable bonds is 7. The summed E-state index contributed by atoms with van der Waals surface area (Å²) < 4.78 is 32.2. The average Bonchev–Trinajstić information content (AvgIpc) is 2.79. The molecule has 0 radical (unpaired) electrons. The number of amides is 1. The molecule has 12 heteroatoms. The third-order valence-corrected chi connectivity index (χ3v) is 7.52. The molecule has 1 fully saturated rings. The number of non-ortho nitro benzene ring substituents is 1. The Labute approximate surface area is 195 Å². The summed E-state index contributed by atoms with van der Waals surface area (Å²) in [7, 11) is -3.88. The lowest BCUT2D eigenvalue weighted by molar-refractivity contribution is -0.384. The molecule has 1 heterocycles. The number of benzene rings is 2. The number of nitro benzene ring substituents is 1. The van der Waals surface area contributed by atoms with Crippen molar-refractivity contribution in [2.45, 2.75) is 31.1 Å². The fraction of sp³-hybridized carbons (Fsp3) is 0.333. The van der Waals surface area contributed by atoms with Crippen molar-refractivity contribution in [2.24, 2.45) is 0 Å². The van der Waals surface area contributed by atoms with Gasteiger partial charge in [0.05, 0.1) is 21.2 Å². The second-order valence-corrected chi connectivity index (χ2v) is 9.80. The Kier molecular flexibility index (Phi) is 7.67. The van der Waals surface area contributed by atoms with E-state index in [0.29, 0.717) is 18.7 Å². The highest BCUT2D eigenvalue weighted by Gasteiger charge is 2.29. The molecule has 1 saturated heterocycles. The molecule has 0 atom stereocenters. The molecule has 1 amide bonds. The number of halogens is 1. The second-order valence-electron chi connectivity index (χ2n) is 7.49. The van der Waals surface area contributed by atoms with E-state index in [-0.39, 0.29) is 26.9 Å². The van der Waals surface area contributed by atoms with Crippen LogP contribution in [0.2, 0.25) is 5.02 Å². The van der Waals surface area contributed by atoms with Gasteiger partial charge >= 0.3 is 5.97 Å². The smallest absolute Gasteiger partial charge is 0.338 e. The van der Waals surface area contributed by atoms with Crippen molar-refractivity contribution in [3.8, 4) is 0 Å². The van der Waals surface area contributed by atoms with E-state index in [1.807, 2.05) is 0 Å². The molecule has 176 valence electrons. The number of aryl methyl sites for hydroxylation is 1. The molecule has 1 aliphatic heterocycles. The standard InChI is InChI=1S/C21H22ClN3O7S/c1-14-5-7-16(25(28)29)12-18(14)23-20(26)13-32-21(27)15-6-8-17(22)19(11-15)33(30,31)24-9-3-2-4-10-24/h5-8,11-12H,2-4,9-10,13H2,1H3,(H,23,26). The van der Waals surface area contributed by atoms with Crippen LogP contribution in [0.3, 0.4) is 0 Å². The monoisotopic (exact) mass is 495 g/mol. The van der Waals surface area contributed by atoms with Gasteiger partial charge in [-0.1, -0.05) is 24.1 Å². The third-order valence-electron chi connectivity index (χ3n) is 5.14. The number of carbonyl (C=O) groups excluding carboxylic acids is 2. The van der Waals surface area contributed by atoms with Crippen LogP contribution in [0, 0.1) is 17.0 Å². The number of hydrogen-bond acceptors (Lipinski definition) is 7. The van der Waals surface area contributed by atoms with E-state index in [1.165, 1.54) is 34.6 Å². The van der Waals surface area contributed by atoms with Gasteiger partial charge in [-0.3, -0.25) is 14.9 Å². The first kappa shape index (κ1) is 24.6. The van der Waals surface area contributed by atoms with Crippen LogP contribution < -0.4 is 5.32 Å². The predicted octanol–water partition coefficient (Wildman–Crippen LogP) is 3.53. The van der Waals surface area contributed by atoms with Crippen LogP contribution in [0.15, 0.2) is 41.3 Å². The zero-order valence-corrected chi connectivity index (χ0v) is 19.3. The van der Waals surface area contributed by atoms with E-state index in [2.05, 4.69) is 5.32 Å². The molecule has 2 aromatic rings. The Balaban J connectivity index is 1.68. The number of ether oxygens (including phenoxy) is 1. The molecule has 0 unspecified atom stereocenters. The largest absolute Gasteiger partial charge is 0.452 e. The zero-order valence-electron chi connectivity index (χ0n) is 17.7. The van der Waals surface area contributed by atoms with Gasteiger partial charge in [-0.2, -0.15) is 4.31 Å². The summed E-state index contributed by atoms with van der Waals surface area (Å²) in [6.07, 6.45) is 2.44. The Morgan fingerprint density at radius 1 is 1.15 bits per heavy atom. The maximum absolute atomic E-state index is 12.9. The van der Waals surface area contributed by atoms with Crippen LogP contribution in [0.1, 0.15) is 35.2 Å². The van der Waals surface area contributed by atoms with Crippen molar-refractivity contribution in [3.05, 3.63) is 62.7 Å². The minimum absolute atomic E-state index is 0.0176. The van der Waals surface area contributed by atoms with Gasteiger partial charge in [-0.25, -0.2) is 13.2 Å². The quantitative estimate of drug-likeness (QED) is 0.352. The molecule has 0 aliphatic carbocycles. The third kappa shape index (κ3) is 5.86. The summed E-state index contributed by atoms with van der Waals surface area (Å²) in [6, 6.07) is 7.73. The first-order chi connectivity index (χ1) is 15.6. The number of carbonyl (C=O) groups is 2. The van der Waals surface area contributed by atoms with E-state index in [1.54, 1.807) is 6.92 Å². The number of anilines is 1. The number of nitrogens with zero attached hydrogens (tertiary/aromatic N) is 2. The van der Waals surface area contributed by atoms with Crippen LogP contribution in [-0.2, 0) is 19.6 Å². The summed E-state index contributed by atoms with van der Waals surface area (Å²) in [4.78, 5) is 34.7. The summed E-state index contributed by atoms with van der Waals surface area (Å²) >= 11 is 6.10. The molecule has 1 aliphatic rings. The van der Waals surface area contributed by atoms with Crippen molar-refractivity contribution < 1.29 is 27.7 Å². The van der Waals surface area contributed by atoms with Crippen LogP contribution in [0.25, 0.3) is 0 Å². The predicted molar refractivity (Wildman–Crippen MR) is 121 cm³/mol. The van der Waals surface area contributed by atoms with Crippen LogP contribution >= 0.6 is 11.6 Å². The molecular formula is C21H22ClN3O7S. The first-order valence-electron chi connectivity index (χ1n) is 10.1. The molecule has 0 saturated carbocycles. The molecule has 1 N–H and O–H groups in total. The van der Waals surface area contributed by atoms with Crippen molar-refractivity contribution in [1.29, 1.82) is 0 Å². The van der Waals surface area contributed by atoms with Crippen molar-refractivity contribution >= 4 is 44.9 Å². The minimum Gasteiger partial charge on any atom is -0.452 e. The van der Waals surface area contributed by atoms with Crippen LogP contribution in [-0.4, -0.2) is 49.2 Å². The molecule has 10 nitrogen and oxygen atoms in total. The van der Waals surface area contributed by atoms with Crippen LogP contribution in [0.4, 0.5) is 11.4 Å². The number of piperidine rings is 1. The molecular weight excluding hydrogens is 474 g/mol. The zero-order chi connectivity index (χ0) is 24.2. The fourth-order valence-corrected chi connectivity index (χ4v) is 5.35. The topological polar surface area (TPSA) is 136 Å². The maximum Gasteiger partial charge on any atom is 0.338 e. The second kappa shape index (κ2) is 10.3. The molecule has 3 rings (SSSR count). The van der Waals surface area contributed by atoms with Crippen molar-refractivity contribution in [3.63, 3.8) is 0 Å². The van der Waals surface area contributed by atoms with E-state index in [0.717, 1.165) is 25.3 Å². The number of nitro groups is 1. The summed E-state index contributed by atoms with van der Waals surface area (Å²) in [6.45, 7) is 1.75. The fourth-order valence-electron chi connectivity index (χ4n) is 3.33.